The molecule has 6 rings (SSSR count). The van der Waals surface area contributed by atoms with Crippen LogP contribution in [-0.4, -0.2) is 60.9 Å². The van der Waals surface area contributed by atoms with Gasteiger partial charge in [-0.2, -0.15) is 0 Å². The van der Waals surface area contributed by atoms with Gasteiger partial charge < -0.3 is 14.5 Å². The van der Waals surface area contributed by atoms with Gasteiger partial charge in [-0.25, -0.2) is 4.99 Å². The van der Waals surface area contributed by atoms with Gasteiger partial charge in [0.05, 0.1) is 13.2 Å². The van der Waals surface area contributed by atoms with E-state index in [0.29, 0.717) is 32.0 Å². The van der Waals surface area contributed by atoms with Crippen LogP contribution >= 0.6 is 7.26 Å². The Bertz CT molecular complexity index is 1720. The molecule has 5 nitrogen and oxygen atoms in total. The molecule has 0 bridgehead atoms. The van der Waals surface area contributed by atoms with Crippen LogP contribution in [0.4, 0.5) is 0 Å². The van der Waals surface area contributed by atoms with Crippen LogP contribution in [0, 0.1) is 0 Å². The Balaban J connectivity index is 1.84. The van der Waals surface area contributed by atoms with Crippen LogP contribution < -0.4 is 15.9 Å². The number of benzene rings is 5. The lowest BCUT2D eigenvalue weighted by atomic mass is 10.1. The van der Waals surface area contributed by atoms with Crippen molar-refractivity contribution >= 4 is 40.2 Å². The Morgan fingerprint density at radius 2 is 1.02 bits per heavy atom. The van der Waals surface area contributed by atoms with E-state index in [0.717, 1.165) is 51.3 Å². The standard InChI is InChI=1S/C42H43N3O2P/c1-3-44(4-2)41(35-22-12-6-13-23-35)43-39(42(46)45-30-32-47-33-31-45)40(34-20-10-5-11-21-34)48(36-24-14-7-15-25-36,37-26-16-8-17-27-37)38-28-18-9-19-29-38/h5-29H,3-4,30-33H2,1-2H3/q+1/b40-39-,43-41?. The lowest BCUT2D eigenvalue weighted by Gasteiger charge is -2.33. The molecule has 1 saturated heterocycles. The summed E-state index contributed by atoms with van der Waals surface area (Å²) in [6, 6.07) is 52.9. The van der Waals surface area contributed by atoms with Crippen LogP contribution in [0.15, 0.2) is 162 Å². The number of carbonyl (C=O) groups is 1. The summed E-state index contributed by atoms with van der Waals surface area (Å²) in [5.41, 5.74) is 2.43. The molecule has 242 valence electrons. The van der Waals surface area contributed by atoms with E-state index in [1.54, 1.807) is 0 Å². The zero-order valence-corrected chi connectivity index (χ0v) is 28.7. The molecule has 0 spiro atoms. The van der Waals surface area contributed by atoms with Gasteiger partial charge in [-0.1, -0.05) is 115 Å². The Labute approximate surface area is 285 Å². The monoisotopic (exact) mass is 652 g/mol. The highest BCUT2D eigenvalue weighted by Gasteiger charge is 2.53. The van der Waals surface area contributed by atoms with Gasteiger partial charge >= 0.3 is 0 Å². The molecular weight excluding hydrogens is 609 g/mol. The van der Waals surface area contributed by atoms with Crippen LogP contribution in [0.2, 0.25) is 0 Å². The average Bonchev–Trinajstić information content (AvgIpc) is 3.18. The Morgan fingerprint density at radius 3 is 1.44 bits per heavy atom. The maximum atomic E-state index is 15.3. The normalized spacial score (nSPS) is 14.3. The molecule has 48 heavy (non-hydrogen) atoms. The maximum absolute atomic E-state index is 15.3. The molecule has 0 radical (unpaired) electrons. The molecule has 0 atom stereocenters. The van der Waals surface area contributed by atoms with Gasteiger partial charge in [0, 0.05) is 37.3 Å². The molecule has 5 aromatic rings. The van der Waals surface area contributed by atoms with Crippen molar-refractivity contribution < 1.29 is 9.53 Å². The summed E-state index contributed by atoms with van der Waals surface area (Å²) in [4.78, 5) is 25.1. The number of morpholine rings is 1. The van der Waals surface area contributed by atoms with Crippen molar-refractivity contribution in [3.63, 3.8) is 0 Å². The zero-order chi connectivity index (χ0) is 33.2. The summed E-state index contributed by atoms with van der Waals surface area (Å²) in [6.45, 7) is 7.81. The predicted octanol–water partition coefficient (Wildman–Crippen LogP) is 7.00. The molecule has 1 heterocycles. The number of ether oxygens (including phenoxy) is 1. The number of hydrogen-bond donors (Lipinski definition) is 0. The molecule has 1 aliphatic heterocycles. The first kappa shape index (κ1) is 33.1. The zero-order valence-electron chi connectivity index (χ0n) is 27.8. The van der Waals surface area contributed by atoms with Crippen molar-refractivity contribution in [2.75, 3.05) is 39.4 Å². The van der Waals surface area contributed by atoms with E-state index in [-0.39, 0.29) is 5.91 Å². The second-order valence-electron chi connectivity index (χ2n) is 11.6. The highest BCUT2D eigenvalue weighted by Crippen LogP contribution is 2.67. The molecule has 1 aliphatic rings. The van der Waals surface area contributed by atoms with Gasteiger partial charge in [0.15, 0.2) is 5.70 Å². The maximum Gasteiger partial charge on any atom is 0.276 e. The summed E-state index contributed by atoms with van der Waals surface area (Å²) in [5, 5.41) is 4.43. The first-order valence-corrected chi connectivity index (χ1v) is 18.6. The Hall–Kier alpha value is -4.83. The van der Waals surface area contributed by atoms with Gasteiger partial charge in [-0.05, 0) is 50.2 Å². The minimum absolute atomic E-state index is 0.0788. The fraction of sp³-hybridized carbons (Fsp3) is 0.190. The van der Waals surface area contributed by atoms with Crippen LogP contribution in [0.1, 0.15) is 25.0 Å². The third-order valence-electron chi connectivity index (χ3n) is 8.85. The summed E-state index contributed by atoms with van der Waals surface area (Å²) in [7, 11) is -2.77. The number of aliphatic imine (C=N–C) groups is 1. The van der Waals surface area contributed by atoms with Crippen LogP contribution in [0.25, 0.3) is 5.31 Å². The number of carbonyl (C=O) groups excluding carboxylic acids is 1. The van der Waals surface area contributed by atoms with Crippen LogP contribution in [-0.2, 0) is 9.53 Å². The molecule has 6 heteroatoms. The van der Waals surface area contributed by atoms with Crippen molar-refractivity contribution in [1.29, 1.82) is 0 Å². The van der Waals surface area contributed by atoms with Gasteiger partial charge in [-0.15, -0.1) is 0 Å². The van der Waals surface area contributed by atoms with Crippen molar-refractivity contribution in [3.05, 3.63) is 168 Å². The van der Waals surface area contributed by atoms with Gasteiger partial charge in [-0.3, -0.25) is 4.79 Å². The van der Waals surface area contributed by atoms with Gasteiger partial charge in [0.25, 0.3) is 5.91 Å². The summed E-state index contributed by atoms with van der Waals surface area (Å²) in [6.07, 6.45) is 0. The summed E-state index contributed by atoms with van der Waals surface area (Å²) < 4.78 is 5.73. The molecule has 0 saturated carbocycles. The third-order valence-corrected chi connectivity index (χ3v) is 13.2. The molecule has 1 fully saturated rings. The van der Waals surface area contributed by atoms with E-state index in [9.17, 15) is 0 Å². The van der Waals surface area contributed by atoms with E-state index in [1.807, 2.05) is 29.2 Å². The summed E-state index contributed by atoms with van der Waals surface area (Å²) >= 11 is 0. The molecule has 0 aliphatic carbocycles. The first-order chi connectivity index (χ1) is 23.7. The van der Waals surface area contributed by atoms with Gasteiger partial charge in [0.2, 0.25) is 0 Å². The second-order valence-corrected chi connectivity index (χ2v) is 15.0. The lowest BCUT2D eigenvalue weighted by molar-refractivity contribution is -0.131. The third kappa shape index (κ3) is 6.75. The van der Waals surface area contributed by atoms with E-state index in [4.69, 9.17) is 9.73 Å². The quantitative estimate of drug-likeness (QED) is 0.0707. The van der Waals surface area contributed by atoms with E-state index in [1.165, 1.54) is 0 Å². The molecule has 0 unspecified atom stereocenters. The largest absolute Gasteiger partial charge is 0.378 e. The minimum atomic E-state index is -2.77. The van der Waals surface area contributed by atoms with E-state index < -0.39 is 7.26 Å². The van der Waals surface area contributed by atoms with Crippen molar-refractivity contribution in [2.24, 2.45) is 4.99 Å². The SMILES string of the molecule is CCN(CC)C(=N/C(C(=O)N1CCOCC1)=C(/c1ccccc1)[P+](c1ccccc1)(c1ccccc1)c1ccccc1)c1ccccc1. The van der Waals surface area contributed by atoms with Crippen LogP contribution in [0.3, 0.4) is 0 Å². The van der Waals surface area contributed by atoms with Crippen molar-refractivity contribution in [2.45, 2.75) is 13.8 Å². The summed E-state index contributed by atoms with van der Waals surface area (Å²) in [5.74, 6) is 0.711. The second kappa shape index (κ2) is 15.8. The van der Waals surface area contributed by atoms with Crippen molar-refractivity contribution in [1.82, 2.24) is 9.80 Å². The molecule has 0 N–H and O–H groups in total. The topological polar surface area (TPSA) is 45.1 Å². The molecule has 0 aromatic heterocycles. The van der Waals surface area contributed by atoms with Gasteiger partial charge in [0.1, 0.15) is 34.3 Å². The number of amidine groups is 1. The Morgan fingerprint density at radius 1 is 0.625 bits per heavy atom. The molecule has 1 amide bonds. The van der Waals surface area contributed by atoms with E-state index >= 15 is 4.79 Å². The lowest BCUT2D eigenvalue weighted by Crippen LogP contribution is -2.42. The van der Waals surface area contributed by atoms with Crippen LogP contribution in [0.5, 0.6) is 0 Å². The molecular formula is C42H43N3O2P+. The smallest absolute Gasteiger partial charge is 0.276 e. The average molecular weight is 653 g/mol. The number of nitrogens with zero attached hydrogens (tertiary/aromatic N) is 3. The molecule has 5 aromatic carbocycles. The number of hydrogen-bond acceptors (Lipinski definition) is 3. The van der Waals surface area contributed by atoms with E-state index in [2.05, 4.69) is 146 Å². The fourth-order valence-electron chi connectivity index (χ4n) is 6.53. The first-order valence-electron chi connectivity index (χ1n) is 16.8. The number of rotatable bonds is 10. The van der Waals surface area contributed by atoms with Crippen molar-refractivity contribution in [3.8, 4) is 0 Å². The predicted molar refractivity (Wildman–Crippen MR) is 202 cm³/mol. The highest BCUT2D eigenvalue weighted by atomic mass is 31.2. The fourth-order valence-corrected chi connectivity index (χ4v) is 11.1. The Kier molecular flexibility index (Phi) is 10.9. The highest BCUT2D eigenvalue weighted by molar-refractivity contribution is 8.03. The minimum Gasteiger partial charge on any atom is -0.378 e. The number of amides is 1.